The van der Waals surface area contributed by atoms with Crippen molar-refractivity contribution in [2.75, 3.05) is 11.9 Å². The van der Waals surface area contributed by atoms with Gasteiger partial charge in [-0.3, -0.25) is 0 Å². The number of nitrogens with zero attached hydrogens (tertiary/aromatic N) is 2. The Bertz CT molecular complexity index is 482. The molecule has 0 unspecified atom stereocenters. The van der Waals surface area contributed by atoms with Gasteiger partial charge < -0.3 is 10.3 Å². The highest BCUT2D eigenvalue weighted by atomic mass is 14.9. The Morgan fingerprint density at radius 2 is 2.25 bits per heavy atom. The maximum atomic E-state index is 8.90. The van der Waals surface area contributed by atoms with Gasteiger partial charge in [-0.05, 0) is 12.1 Å². The van der Waals surface area contributed by atoms with E-state index in [1.165, 1.54) is 0 Å². The third-order valence-electron chi connectivity index (χ3n) is 2.31. The van der Waals surface area contributed by atoms with Crippen molar-refractivity contribution in [1.82, 2.24) is 9.97 Å². The monoisotopic (exact) mass is 212 g/mol. The Kier molecular flexibility index (Phi) is 3.19. The van der Waals surface area contributed by atoms with Crippen LogP contribution in [-0.2, 0) is 6.42 Å². The number of benzene rings is 1. The molecule has 0 fully saturated rings. The number of hydrogen-bond donors (Lipinski definition) is 2. The second kappa shape index (κ2) is 4.99. The lowest BCUT2D eigenvalue weighted by atomic mass is 10.2. The highest BCUT2D eigenvalue weighted by molar-refractivity contribution is 5.57. The second-order valence-corrected chi connectivity index (χ2v) is 3.41. The van der Waals surface area contributed by atoms with E-state index >= 15 is 0 Å². The summed E-state index contributed by atoms with van der Waals surface area (Å²) in [6.07, 6.45) is 4.33. The van der Waals surface area contributed by atoms with Crippen LogP contribution in [0.1, 0.15) is 11.3 Å². The Hall–Kier alpha value is -2.28. The summed E-state index contributed by atoms with van der Waals surface area (Å²) in [5.41, 5.74) is 2.64. The quantitative estimate of drug-likeness (QED) is 0.814. The molecule has 0 aliphatic rings. The Balaban J connectivity index is 1.93. The van der Waals surface area contributed by atoms with Crippen LogP contribution in [0.4, 0.5) is 5.69 Å². The van der Waals surface area contributed by atoms with Crippen molar-refractivity contribution in [2.45, 2.75) is 6.42 Å². The summed E-state index contributed by atoms with van der Waals surface area (Å²) in [6.45, 7) is 0.779. The number of nitriles is 1. The molecular formula is C12H12N4. The molecule has 2 aromatic rings. The first-order valence-electron chi connectivity index (χ1n) is 5.10. The highest BCUT2D eigenvalue weighted by Crippen LogP contribution is 2.13. The van der Waals surface area contributed by atoms with Crippen LogP contribution in [-0.4, -0.2) is 16.5 Å². The van der Waals surface area contributed by atoms with Crippen LogP contribution in [0.2, 0.25) is 0 Å². The fourth-order valence-electron chi connectivity index (χ4n) is 1.49. The summed E-state index contributed by atoms with van der Waals surface area (Å²) in [4.78, 5) is 6.98. The SMILES string of the molecule is N#Cc1ccccc1NCCc1cnc[nH]1. The fourth-order valence-corrected chi connectivity index (χ4v) is 1.49. The maximum absolute atomic E-state index is 8.90. The third kappa shape index (κ3) is 2.39. The zero-order chi connectivity index (χ0) is 11.2. The van der Waals surface area contributed by atoms with E-state index in [9.17, 15) is 0 Å². The van der Waals surface area contributed by atoms with E-state index in [0.29, 0.717) is 5.56 Å². The molecule has 1 heterocycles. The molecule has 0 aliphatic carbocycles. The molecule has 0 radical (unpaired) electrons. The smallest absolute Gasteiger partial charge is 0.101 e. The molecule has 0 aliphatic heterocycles. The van der Waals surface area contributed by atoms with Crippen molar-refractivity contribution < 1.29 is 0 Å². The maximum Gasteiger partial charge on any atom is 0.101 e. The molecule has 0 bridgehead atoms. The molecule has 2 rings (SSSR count). The lowest BCUT2D eigenvalue weighted by Gasteiger charge is -2.06. The van der Waals surface area contributed by atoms with Gasteiger partial charge in [0.05, 0.1) is 17.6 Å². The van der Waals surface area contributed by atoms with Crippen molar-refractivity contribution in [1.29, 1.82) is 5.26 Å². The van der Waals surface area contributed by atoms with Crippen molar-refractivity contribution in [3.05, 3.63) is 48.0 Å². The summed E-state index contributed by atoms with van der Waals surface area (Å²) >= 11 is 0. The standard InChI is InChI=1S/C12H12N4/c13-7-10-3-1-2-4-12(10)15-6-5-11-8-14-9-16-11/h1-4,8-9,15H,5-6H2,(H,14,16). The summed E-state index contributed by atoms with van der Waals surface area (Å²) in [7, 11) is 0. The molecule has 0 saturated heterocycles. The summed E-state index contributed by atoms with van der Waals surface area (Å²) < 4.78 is 0. The molecule has 0 atom stereocenters. The first-order valence-corrected chi connectivity index (χ1v) is 5.10. The Labute approximate surface area is 94.0 Å². The van der Waals surface area contributed by atoms with Gasteiger partial charge in [-0.25, -0.2) is 4.98 Å². The molecule has 16 heavy (non-hydrogen) atoms. The second-order valence-electron chi connectivity index (χ2n) is 3.41. The van der Waals surface area contributed by atoms with Gasteiger partial charge in [0.1, 0.15) is 6.07 Å². The van der Waals surface area contributed by atoms with Gasteiger partial charge in [-0.2, -0.15) is 5.26 Å². The first-order chi connectivity index (χ1) is 7.90. The van der Waals surface area contributed by atoms with Gasteiger partial charge >= 0.3 is 0 Å². The van der Waals surface area contributed by atoms with Gasteiger partial charge in [0.25, 0.3) is 0 Å². The van der Waals surface area contributed by atoms with E-state index in [2.05, 4.69) is 21.4 Å². The molecule has 1 aromatic heterocycles. The number of para-hydroxylation sites is 1. The number of imidazole rings is 1. The van der Waals surface area contributed by atoms with Crippen LogP contribution in [0.5, 0.6) is 0 Å². The summed E-state index contributed by atoms with van der Waals surface area (Å²) in [5, 5.41) is 12.1. The molecular weight excluding hydrogens is 200 g/mol. The third-order valence-corrected chi connectivity index (χ3v) is 2.31. The minimum absolute atomic E-state index is 0.673. The van der Waals surface area contributed by atoms with Crippen molar-refractivity contribution in [3.63, 3.8) is 0 Å². The molecule has 1 aromatic carbocycles. The summed E-state index contributed by atoms with van der Waals surface area (Å²) in [5.74, 6) is 0. The average Bonchev–Trinajstić information content (AvgIpc) is 2.83. The van der Waals surface area contributed by atoms with E-state index in [-0.39, 0.29) is 0 Å². The number of aromatic nitrogens is 2. The minimum atomic E-state index is 0.673. The lowest BCUT2D eigenvalue weighted by molar-refractivity contribution is 0.976. The molecule has 4 heteroatoms. The van der Waals surface area contributed by atoms with E-state index in [1.54, 1.807) is 18.6 Å². The fraction of sp³-hybridized carbons (Fsp3) is 0.167. The topological polar surface area (TPSA) is 64.5 Å². The zero-order valence-corrected chi connectivity index (χ0v) is 8.77. The lowest BCUT2D eigenvalue weighted by Crippen LogP contribution is -2.06. The van der Waals surface area contributed by atoms with Gasteiger partial charge in [-0.1, -0.05) is 12.1 Å². The molecule has 2 N–H and O–H groups in total. The number of nitrogens with one attached hydrogen (secondary N) is 2. The largest absolute Gasteiger partial charge is 0.384 e. The van der Waals surface area contributed by atoms with E-state index in [4.69, 9.17) is 5.26 Å². The van der Waals surface area contributed by atoms with Crippen LogP contribution in [0.3, 0.4) is 0 Å². The van der Waals surface area contributed by atoms with Crippen LogP contribution in [0.15, 0.2) is 36.8 Å². The minimum Gasteiger partial charge on any atom is -0.384 e. The van der Waals surface area contributed by atoms with Gasteiger partial charge in [0, 0.05) is 24.9 Å². The predicted molar refractivity (Wildman–Crippen MR) is 61.9 cm³/mol. The van der Waals surface area contributed by atoms with E-state index < -0.39 is 0 Å². The van der Waals surface area contributed by atoms with E-state index in [0.717, 1.165) is 24.3 Å². The molecule has 80 valence electrons. The normalized spacial score (nSPS) is 9.69. The van der Waals surface area contributed by atoms with Crippen LogP contribution in [0.25, 0.3) is 0 Å². The molecule has 0 saturated carbocycles. The number of anilines is 1. The van der Waals surface area contributed by atoms with Crippen LogP contribution >= 0.6 is 0 Å². The number of rotatable bonds is 4. The first kappa shape index (κ1) is 10.2. The van der Waals surface area contributed by atoms with Gasteiger partial charge in [-0.15, -0.1) is 0 Å². The highest BCUT2D eigenvalue weighted by Gasteiger charge is 1.99. The molecule has 4 nitrogen and oxygen atoms in total. The van der Waals surface area contributed by atoms with Crippen LogP contribution < -0.4 is 5.32 Å². The van der Waals surface area contributed by atoms with Gasteiger partial charge in [0.15, 0.2) is 0 Å². The van der Waals surface area contributed by atoms with Crippen molar-refractivity contribution in [3.8, 4) is 6.07 Å². The molecule has 0 amide bonds. The zero-order valence-electron chi connectivity index (χ0n) is 8.77. The predicted octanol–water partition coefficient (Wildman–Crippen LogP) is 1.94. The molecule has 0 spiro atoms. The Morgan fingerprint density at radius 3 is 3.00 bits per heavy atom. The van der Waals surface area contributed by atoms with E-state index in [1.807, 2.05) is 18.2 Å². The average molecular weight is 212 g/mol. The number of hydrogen-bond acceptors (Lipinski definition) is 3. The van der Waals surface area contributed by atoms with Gasteiger partial charge in [0.2, 0.25) is 0 Å². The van der Waals surface area contributed by atoms with Crippen molar-refractivity contribution >= 4 is 5.69 Å². The van der Waals surface area contributed by atoms with Crippen LogP contribution in [0, 0.1) is 11.3 Å². The summed E-state index contributed by atoms with van der Waals surface area (Å²) in [6, 6.07) is 9.64. The number of aromatic amines is 1. The number of H-pyrrole nitrogens is 1. The van der Waals surface area contributed by atoms with Crippen molar-refractivity contribution in [2.24, 2.45) is 0 Å². The Morgan fingerprint density at radius 1 is 1.38 bits per heavy atom.